The standard InChI is InChI=1S/C20H21F3N2OS/c21-20(22,23)17-5-1-2-6-18(17)25-19(26)15-7-9-16(10-8-15)27-13-14-4-3-11-24-12-14/h3-4,7-12,17-18H,1-2,5-6,13H2,(H,25,26). The van der Waals surface area contributed by atoms with Gasteiger partial charge in [0.15, 0.2) is 0 Å². The Kier molecular flexibility index (Phi) is 6.42. The van der Waals surface area contributed by atoms with Gasteiger partial charge in [0.05, 0.1) is 5.92 Å². The topological polar surface area (TPSA) is 42.0 Å². The Balaban J connectivity index is 1.58. The number of nitrogens with one attached hydrogen (secondary N) is 1. The number of aromatic nitrogens is 1. The molecule has 0 saturated heterocycles. The van der Waals surface area contributed by atoms with E-state index in [2.05, 4.69) is 10.3 Å². The van der Waals surface area contributed by atoms with Crippen molar-refractivity contribution in [3.63, 3.8) is 0 Å². The molecule has 0 radical (unpaired) electrons. The third-order valence-corrected chi connectivity index (χ3v) is 5.83. The minimum absolute atomic E-state index is 0.0817. The molecule has 7 heteroatoms. The van der Waals surface area contributed by atoms with Crippen LogP contribution in [0.2, 0.25) is 0 Å². The van der Waals surface area contributed by atoms with Crippen molar-refractivity contribution in [3.05, 3.63) is 59.9 Å². The van der Waals surface area contributed by atoms with Crippen LogP contribution in [-0.2, 0) is 5.75 Å². The number of benzene rings is 1. The van der Waals surface area contributed by atoms with Crippen LogP contribution in [0.4, 0.5) is 13.2 Å². The average molecular weight is 394 g/mol. The fourth-order valence-electron chi connectivity index (χ4n) is 3.30. The van der Waals surface area contributed by atoms with Crippen LogP contribution in [0.15, 0.2) is 53.7 Å². The number of carbonyl (C=O) groups is 1. The number of hydrogen-bond donors (Lipinski definition) is 1. The smallest absolute Gasteiger partial charge is 0.349 e. The minimum Gasteiger partial charge on any atom is -0.349 e. The molecule has 1 fully saturated rings. The van der Waals surface area contributed by atoms with E-state index in [9.17, 15) is 18.0 Å². The molecule has 2 aromatic rings. The monoisotopic (exact) mass is 394 g/mol. The molecule has 2 unspecified atom stereocenters. The average Bonchev–Trinajstić information content (AvgIpc) is 2.67. The molecule has 2 atom stereocenters. The van der Waals surface area contributed by atoms with E-state index in [0.717, 1.165) is 16.2 Å². The first-order valence-corrected chi connectivity index (χ1v) is 9.91. The van der Waals surface area contributed by atoms with Gasteiger partial charge in [-0.2, -0.15) is 13.2 Å². The third kappa shape index (κ3) is 5.48. The van der Waals surface area contributed by atoms with Crippen molar-refractivity contribution in [2.24, 2.45) is 5.92 Å². The first-order chi connectivity index (χ1) is 12.9. The predicted molar refractivity (Wildman–Crippen MR) is 99.5 cm³/mol. The van der Waals surface area contributed by atoms with Crippen molar-refractivity contribution >= 4 is 17.7 Å². The molecule has 27 heavy (non-hydrogen) atoms. The van der Waals surface area contributed by atoms with Crippen LogP contribution >= 0.6 is 11.8 Å². The Labute approximate surface area is 160 Å². The highest BCUT2D eigenvalue weighted by Gasteiger charge is 2.45. The molecule has 1 heterocycles. The molecular weight excluding hydrogens is 373 g/mol. The molecule has 1 aliphatic rings. The lowest BCUT2D eigenvalue weighted by atomic mass is 9.84. The Hall–Kier alpha value is -2.02. The first kappa shape index (κ1) is 19.7. The molecule has 0 aliphatic heterocycles. The van der Waals surface area contributed by atoms with Crippen LogP contribution in [0.25, 0.3) is 0 Å². The fourth-order valence-corrected chi connectivity index (χ4v) is 4.13. The van der Waals surface area contributed by atoms with Crippen LogP contribution in [0, 0.1) is 5.92 Å². The Bertz CT molecular complexity index is 750. The first-order valence-electron chi connectivity index (χ1n) is 8.93. The molecule has 3 nitrogen and oxygen atoms in total. The van der Waals surface area contributed by atoms with Gasteiger partial charge < -0.3 is 5.32 Å². The largest absolute Gasteiger partial charge is 0.393 e. The molecule has 1 amide bonds. The van der Waals surface area contributed by atoms with E-state index in [1.807, 2.05) is 24.3 Å². The van der Waals surface area contributed by atoms with Crippen LogP contribution in [0.1, 0.15) is 41.6 Å². The van der Waals surface area contributed by atoms with Gasteiger partial charge in [-0.25, -0.2) is 0 Å². The van der Waals surface area contributed by atoms with Gasteiger partial charge in [0.25, 0.3) is 5.91 Å². The summed E-state index contributed by atoms with van der Waals surface area (Å²) >= 11 is 1.61. The zero-order valence-corrected chi connectivity index (χ0v) is 15.5. The maximum atomic E-state index is 13.2. The summed E-state index contributed by atoms with van der Waals surface area (Å²) in [6, 6.07) is 9.98. The molecule has 0 bridgehead atoms. The van der Waals surface area contributed by atoms with Gasteiger partial charge in [-0.3, -0.25) is 9.78 Å². The number of alkyl halides is 3. The molecule has 1 aromatic heterocycles. The summed E-state index contributed by atoms with van der Waals surface area (Å²) in [4.78, 5) is 17.4. The number of amides is 1. The molecule has 0 spiro atoms. The van der Waals surface area contributed by atoms with E-state index < -0.39 is 24.0 Å². The Morgan fingerprint density at radius 3 is 2.56 bits per heavy atom. The third-order valence-electron chi connectivity index (χ3n) is 4.75. The van der Waals surface area contributed by atoms with Gasteiger partial charge in [0.2, 0.25) is 0 Å². The van der Waals surface area contributed by atoms with E-state index in [-0.39, 0.29) is 6.42 Å². The highest BCUT2D eigenvalue weighted by molar-refractivity contribution is 7.98. The summed E-state index contributed by atoms with van der Waals surface area (Å²) < 4.78 is 39.5. The van der Waals surface area contributed by atoms with E-state index in [0.29, 0.717) is 24.8 Å². The van der Waals surface area contributed by atoms with E-state index in [1.54, 1.807) is 36.3 Å². The molecule has 1 N–H and O–H groups in total. The van der Waals surface area contributed by atoms with Gasteiger partial charge in [0, 0.05) is 34.6 Å². The van der Waals surface area contributed by atoms with Gasteiger partial charge in [-0.1, -0.05) is 18.9 Å². The summed E-state index contributed by atoms with van der Waals surface area (Å²) in [6.45, 7) is 0. The molecule has 1 saturated carbocycles. The van der Waals surface area contributed by atoms with Crippen molar-refractivity contribution in [3.8, 4) is 0 Å². The van der Waals surface area contributed by atoms with Gasteiger partial charge in [0.1, 0.15) is 0 Å². The van der Waals surface area contributed by atoms with E-state index in [1.165, 1.54) is 0 Å². The maximum absolute atomic E-state index is 13.2. The lowest BCUT2D eigenvalue weighted by Crippen LogP contribution is -2.47. The summed E-state index contributed by atoms with van der Waals surface area (Å²) in [5.74, 6) is -1.14. The number of thioether (sulfide) groups is 1. The second kappa shape index (κ2) is 8.78. The number of nitrogens with zero attached hydrogens (tertiary/aromatic N) is 1. The van der Waals surface area contributed by atoms with Crippen LogP contribution in [0.5, 0.6) is 0 Å². The fraction of sp³-hybridized carbons (Fsp3) is 0.400. The number of halogens is 3. The lowest BCUT2D eigenvalue weighted by molar-refractivity contribution is -0.187. The molecule has 144 valence electrons. The molecule has 1 aliphatic carbocycles. The Morgan fingerprint density at radius 2 is 1.89 bits per heavy atom. The van der Waals surface area contributed by atoms with Gasteiger partial charge >= 0.3 is 6.18 Å². The van der Waals surface area contributed by atoms with E-state index in [4.69, 9.17) is 0 Å². The van der Waals surface area contributed by atoms with E-state index >= 15 is 0 Å². The van der Waals surface area contributed by atoms with Crippen molar-refractivity contribution in [1.82, 2.24) is 10.3 Å². The van der Waals surface area contributed by atoms with Crippen LogP contribution in [0.3, 0.4) is 0 Å². The Morgan fingerprint density at radius 1 is 1.15 bits per heavy atom. The highest BCUT2D eigenvalue weighted by Crippen LogP contribution is 2.37. The second-order valence-corrected chi connectivity index (χ2v) is 7.74. The van der Waals surface area contributed by atoms with Crippen molar-refractivity contribution in [1.29, 1.82) is 0 Å². The SMILES string of the molecule is O=C(NC1CCCCC1C(F)(F)F)c1ccc(SCc2cccnc2)cc1. The zero-order chi connectivity index (χ0) is 19.3. The van der Waals surface area contributed by atoms with Crippen molar-refractivity contribution in [2.45, 2.75) is 48.5 Å². The van der Waals surface area contributed by atoms with Crippen LogP contribution < -0.4 is 5.32 Å². The number of hydrogen-bond acceptors (Lipinski definition) is 3. The normalized spacial score (nSPS) is 20.3. The highest BCUT2D eigenvalue weighted by atomic mass is 32.2. The van der Waals surface area contributed by atoms with Crippen molar-refractivity contribution in [2.75, 3.05) is 0 Å². The molecule has 1 aromatic carbocycles. The van der Waals surface area contributed by atoms with Gasteiger partial charge in [-0.15, -0.1) is 11.8 Å². The number of carbonyl (C=O) groups excluding carboxylic acids is 1. The summed E-state index contributed by atoms with van der Waals surface area (Å²) in [7, 11) is 0. The van der Waals surface area contributed by atoms with Gasteiger partial charge in [-0.05, 0) is 48.7 Å². The van der Waals surface area contributed by atoms with Crippen molar-refractivity contribution < 1.29 is 18.0 Å². The number of pyridine rings is 1. The zero-order valence-electron chi connectivity index (χ0n) is 14.7. The quantitative estimate of drug-likeness (QED) is 0.707. The second-order valence-electron chi connectivity index (χ2n) is 6.69. The summed E-state index contributed by atoms with van der Waals surface area (Å²) in [6.07, 6.45) is 0.965. The summed E-state index contributed by atoms with van der Waals surface area (Å²) in [5.41, 5.74) is 1.48. The maximum Gasteiger partial charge on any atom is 0.393 e. The predicted octanol–water partition coefficient (Wildman–Crippen LogP) is 5.22. The van der Waals surface area contributed by atoms with Crippen LogP contribution in [-0.4, -0.2) is 23.1 Å². The molecular formula is C20H21F3N2OS. The lowest BCUT2D eigenvalue weighted by Gasteiger charge is -2.33. The summed E-state index contributed by atoms with van der Waals surface area (Å²) in [5, 5.41) is 2.60. The number of rotatable bonds is 5. The minimum atomic E-state index is -4.27. The molecule has 3 rings (SSSR count).